The molecule has 1 amide bonds. The monoisotopic (exact) mass is 612 g/mol. The number of benzene rings is 3. The Bertz CT molecular complexity index is 1670. The Hall–Kier alpha value is -4.08. The third-order valence-corrected chi connectivity index (χ3v) is 9.14. The van der Waals surface area contributed by atoms with Gasteiger partial charge in [-0.2, -0.15) is 0 Å². The topological polar surface area (TPSA) is 112 Å². The first-order valence-electron chi connectivity index (χ1n) is 15.2. The van der Waals surface area contributed by atoms with Gasteiger partial charge in [0.2, 0.25) is 15.9 Å². The molecule has 0 bridgehead atoms. The van der Waals surface area contributed by atoms with Crippen LogP contribution in [0.4, 0.5) is 5.82 Å². The van der Waals surface area contributed by atoms with Gasteiger partial charge in [0.05, 0.1) is 17.1 Å². The normalized spacial score (nSPS) is 14.7. The molecule has 1 atom stereocenters. The molecule has 0 aliphatic carbocycles. The van der Waals surface area contributed by atoms with Crippen molar-refractivity contribution in [1.29, 1.82) is 0 Å². The Morgan fingerprint density at radius 1 is 0.841 bits per heavy atom. The lowest BCUT2D eigenvalue weighted by atomic mass is 10.00. The van der Waals surface area contributed by atoms with Gasteiger partial charge in [0, 0.05) is 30.6 Å². The number of nitrogens with zero attached hydrogens (tertiary/aromatic N) is 3. The molecule has 0 fully saturated rings. The van der Waals surface area contributed by atoms with Crippen LogP contribution in [-0.4, -0.2) is 42.5 Å². The summed E-state index contributed by atoms with van der Waals surface area (Å²) in [5.41, 5.74) is 7.07. The van der Waals surface area contributed by atoms with Crippen LogP contribution in [0.3, 0.4) is 0 Å². The molecule has 2 N–H and O–H groups in total. The van der Waals surface area contributed by atoms with Crippen molar-refractivity contribution in [3.05, 3.63) is 101 Å². The molecule has 2 heterocycles. The zero-order valence-corrected chi connectivity index (χ0v) is 26.2. The van der Waals surface area contributed by atoms with Crippen LogP contribution in [-0.2, 0) is 20.6 Å². The minimum absolute atomic E-state index is 0.167. The zero-order valence-electron chi connectivity index (χ0n) is 25.4. The number of fused-ring (bicyclic) bond motifs is 1. The second-order valence-corrected chi connectivity index (χ2v) is 13.3. The summed E-state index contributed by atoms with van der Waals surface area (Å²) in [5, 5.41) is 10.9. The summed E-state index contributed by atoms with van der Waals surface area (Å²) in [5.74, 6) is 0.0356. The number of aryl methyl sites for hydroxylation is 2. The highest BCUT2D eigenvalue weighted by Crippen LogP contribution is 2.38. The number of aromatic nitrogens is 2. The number of carbonyl (C=O) groups is 1. The second kappa shape index (κ2) is 14.1. The first-order chi connectivity index (χ1) is 21.2. The fourth-order valence-electron chi connectivity index (χ4n) is 5.46. The van der Waals surface area contributed by atoms with Crippen LogP contribution in [0.15, 0.2) is 78.9 Å². The van der Waals surface area contributed by atoms with Gasteiger partial charge in [-0.05, 0) is 38.7 Å². The Labute approximate surface area is 260 Å². The molecular weight excluding hydrogens is 572 g/mol. The maximum Gasteiger partial charge on any atom is 0.239 e. The lowest BCUT2D eigenvalue weighted by Gasteiger charge is -2.33. The molecule has 0 radical (unpaired) electrons. The lowest BCUT2D eigenvalue weighted by Crippen LogP contribution is -2.34. The van der Waals surface area contributed by atoms with Crippen molar-refractivity contribution in [2.24, 2.45) is 0 Å². The van der Waals surface area contributed by atoms with Gasteiger partial charge in [0.25, 0.3) is 0 Å². The summed E-state index contributed by atoms with van der Waals surface area (Å²) in [4.78, 5) is 24.6. The molecule has 1 unspecified atom stereocenters. The molecule has 230 valence electrons. The average Bonchev–Trinajstić information content (AvgIpc) is 3.00. The number of sulfonamides is 1. The van der Waals surface area contributed by atoms with Crippen LogP contribution in [0.2, 0.25) is 0 Å². The maximum absolute atomic E-state index is 12.3. The first kappa shape index (κ1) is 31.3. The number of carbonyl (C=O) groups excluding carboxylic acids is 1. The van der Waals surface area contributed by atoms with Gasteiger partial charge in [-0.1, -0.05) is 103 Å². The van der Waals surface area contributed by atoms with Gasteiger partial charge >= 0.3 is 0 Å². The van der Waals surface area contributed by atoms with Gasteiger partial charge in [-0.15, -0.1) is 0 Å². The average molecular weight is 613 g/mol. The van der Waals surface area contributed by atoms with E-state index in [4.69, 9.17) is 9.97 Å². The van der Waals surface area contributed by atoms with Gasteiger partial charge in [0.15, 0.2) is 5.82 Å². The summed E-state index contributed by atoms with van der Waals surface area (Å²) < 4.78 is 26.8. The van der Waals surface area contributed by atoms with E-state index in [1.807, 2.05) is 6.07 Å². The number of unbranched alkanes of at least 4 members (excludes halogenated alkanes) is 3. The lowest BCUT2D eigenvalue weighted by molar-refractivity contribution is -0.119. The van der Waals surface area contributed by atoms with Crippen molar-refractivity contribution in [3.63, 3.8) is 0 Å². The molecule has 5 rings (SSSR count). The molecule has 0 saturated heterocycles. The van der Waals surface area contributed by atoms with E-state index in [9.17, 15) is 18.3 Å². The summed E-state index contributed by atoms with van der Waals surface area (Å²) in [6.45, 7) is 5.55. The summed E-state index contributed by atoms with van der Waals surface area (Å²) >= 11 is 0. The van der Waals surface area contributed by atoms with Crippen LogP contribution >= 0.6 is 0 Å². The van der Waals surface area contributed by atoms with E-state index in [0.717, 1.165) is 59.7 Å². The standard InChI is InChI=1S/C35H40N4O4S/c1-25-13-17-28(18-14-25)32-33(29-19-15-26(2)16-20-29)37-35-34(36-32)30(40)21-23-39(35)22-9-4-3-8-12-31(41)38-44(42,43)24-27-10-6-5-7-11-27/h5-7,10-11,13-20,30,40H,3-4,8-9,12,21-24H2,1-2H3,(H,38,41). The van der Waals surface area contributed by atoms with Gasteiger partial charge in [0.1, 0.15) is 11.8 Å². The van der Waals surface area contributed by atoms with Gasteiger partial charge < -0.3 is 10.0 Å². The number of amides is 1. The number of aliphatic hydroxyl groups is 1. The van der Waals surface area contributed by atoms with Crippen LogP contribution in [0.1, 0.15) is 67.0 Å². The first-order valence-corrected chi connectivity index (χ1v) is 16.9. The predicted molar refractivity (Wildman–Crippen MR) is 174 cm³/mol. The molecule has 44 heavy (non-hydrogen) atoms. The minimum atomic E-state index is -3.72. The number of rotatable bonds is 12. The highest BCUT2D eigenvalue weighted by atomic mass is 32.2. The third-order valence-electron chi connectivity index (χ3n) is 7.89. The fraction of sp³-hybridized carbons (Fsp3) is 0.343. The van der Waals surface area contributed by atoms with E-state index in [0.29, 0.717) is 30.6 Å². The highest BCUT2D eigenvalue weighted by Gasteiger charge is 2.29. The summed E-state index contributed by atoms with van der Waals surface area (Å²) in [6.07, 6.45) is 3.25. The zero-order chi connectivity index (χ0) is 31.1. The van der Waals surface area contributed by atoms with Crippen molar-refractivity contribution in [2.75, 3.05) is 18.0 Å². The molecule has 1 aliphatic heterocycles. The number of hydrogen-bond acceptors (Lipinski definition) is 7. The molecule has 1 aromatic heterocycles. The Morgan fingerprint density at radius 3 is 2.07 bits per heavy atom. The van der Waals surface area contributed by atoms with Crippen LogP contribution in [0.25, 0.3) is 22.5 Å². The molecule has 1 aliphatic rings. The molecule has 4 aromatic rings. The van der Waals surface area contributed by atoms with Crippen LogP contribution in [0.5, 0.6) is 0 Å². The largest absolute Gasteiger partial charge is 0.387 e. The fourth-order valence-corrected chi connectivity index (χ4v) is 6.61. The highest BCUT2D eigenvalue weighted by molar-refractivity contribution is 7.89. The molecule has 0 saturated carbocycles. The molecule has 0 spiro atoms. The Balaban J connectivity index is 1.21. The Kier molecular flexibility index (Phi) is 10.1. The molecular formula is C35H40N4O4S. The summed E-state index contributed by atoms with van der Waals surface area (Å²) in [7, 11) is -3.72. The Morgan fingerprint density at radius 2 is 1.43 bits per heavy atom. The van der Waals surface area contributed by atoms with E-state index >= 15 is 0 Å². The maximum atomic E-state index is 12.3. The van der Waals surface area contributed by atoms with Gasteiger partial charge in [-0.25, -0.2) is 18.4 Å². The molecule has 3 aromatic carbocycles. The SMILES string of the molecule is Cc1ccc(-c2nc3c(nc2-c2ccc(C)cc2)N(CCCCCCC(=O)NS(=O)(=O)Cc2ccccc2)CCC3O)cc1. The number of hydrogen-bond donors (Lipinski definition) is 2. The van der Waals surface area contributed by atoms with Gasteiger partial charge in [-0.3, -0.25) is 9.52 Å². The van der Waals surface area contributed by atoms with Crippen molar-refractivity contribution < 1.29 is 18.3 Å². The number of aliphatic hydroxyl groups excluding tert-OH is 1. The second-order valence-electron chi connectivity index (χ2n) is 11.6. The smallest absolute Gasteiger partial charge is 0.239 e. The van der Waals surface area contributed by atoms with Crippen molar-refractivity contribution in [1.82, 2.24) is 14.7 Å². The van der Waals surface area contributed by atoms with E-state index in [1.54, 1.807) is 24.3 Å². The van der Waals surface area contributed by atoms with E-state index in [1.165, 1.54) is 5.56 Å². The van der Waals surface area contributed by atoms with Crippen molar-refractivity contribution in [3.8, 4) is 22.5 Å². The number of nitrogens with one attached hydrogen (secondary N) is 1. The van der Waals surface area contributed by atoms with Crippen LogP contribution in [0, 0.1) is 13.8 Å². The molecule has 8 nitrogen and oxygen atoms in total. The third kappa shape index (κ3) is 8.09. The van der Waals surface area contributed by atoms with E-state index < -0.39 is 22.0 Å². The summed E-state index contributed by atoms with van der Waals surface area (Å²) in [6, 6.07) is 25.3. The van der Waals surface area contributed by atoms with E-state index in [-0.39, 0.29) is 12.2 Å². The quantitative estimate of drug-likeness (QED) is 0.181. The van der Waals surface area contributed by atoms with Crippen molar-refractivity contribution in [2.45, 2.75) is 64.2 Å². The number of anilines is 1. The molecule has 9 heteroatoms. The minimum Gasteiger partial charge on any atom is -0.387 e. The van der Waals surface area contributed by atoms with Crippen LogP contribution < -0.4 is 9.62 Å². The van der Waals surface area contributed by atoms with Crippen molar-refractivity contribution >= 4 is 21.7 Å². The predicted octanol–water partition coefficient (Wildman–Crippen LogP) is 6.27. The van der Waals surface area contributed by atoms with E-state index in [2.05, 4.69) is 72.0 Å².